The molecule has 4 nitrogen and oxygen atoms in total. The molecular formula is C26H18O4S2. The Morgan fingerprint density at radius 1 is 0.500 bits per heavy atom. The van der Waals surface area contributed by atoms with Crippen LogP contribution in [0.4, 0.5) is 0 Å². The maximum atomic E-state index is 11.4. The van der Waals surface area contributed by atoms with E-state index in [9.17, 15) is 19.8 Å². The largest absolute Gasteiger partial charge is 0.478 e. The van der Waals surface area contributed by atoms with Crippen LogP contribution in [0.3, 0.4) is 0 Å². The summed E-state index contributed by atoms with van der Waals surface area (Å²) in [6.07, 6.45) is 0. The number of hydrogen-bond acceptors (Lipinski definition) is 4. The van der Waals surface area contributed by atoms with Crippen LogP contribution in [0.1, 0.15) is 20.7 Å². The molecule has 0 saturated carbocycles. The summed E-state index contributed by atoms with van der Waals surface area (Å²) in [6, 6.07) is 29.9. The van der Waals surface area contributed by atoms with E-state index in [1.807, 2.05) is 60.7 Å². The highest BCUT2D eigenvalue weighted by Gasteiger charge is 2.11. The summed E-state index contributed by atoms with van der Waals surface area (Å²) >= 11 is 2.84. The fraction of sp³-hybridized carbons (Fsp3) is 0. The van der Waals surface area contributed by atoms with Gasteiger partial charge in [-0.25, -0.2) is 9.59 Å². The van der Waals surface area contributed by atoms with E-state index in [0.717, 1.165) is 20.9 Å². The number of carboxylic acid groups (broad SMARTS) is 2. The molecule has 0 unspecified atom stereocenters. The highest BCUT2D eigenvalue weighted by molar-refractivity contribution is 7.99. The summed E-state index contributed by atoms with van der Waals surface area (Å²) in [5.41, 5.74) is 2.67. The summed E-state index contributed by atoms with van der Waals surface area (Å²) < 4.78 is 0. The Labute approximate surface area is 193 Å². The van der Waals surface area contributed by atoms with Crippen molar-refractivity contribution < 1.29 is 19.8 Å². The predicted molar refractivity (Wildman–Crippen MR) is 127 cm³/mol. The second-order valence-corrected chi connectivity index (χ2v) is 9.09. The Hall–Kier alpha value is -3.48. The van der Waals surface area contributed by atoms with Crippen molar-refractivity contribution in [3.63, 3.8) is 0 Å². The number of aromatic carboxylic acids is 2. The lowest BCUT2D eigenvalue weighted by Gasteiger charge is -2.08. The second kappa shape index (κ2) is 9.77. The van der Waals surface area contributed by atoms with Gasteiger partial charge in [0.25, 0.3) is 0 Å². The molecule has 4 aromatic rings. The molecule has 0 saturated heterocycles. The van der Waals surface area contributed by atoms with E-state index in [1.54, 1.807) is 36.4 Å². The lowest BCUT2D eigenvalue weighted by molar-refractivity contribution is 0.0682. The summed E-state index contributed by atoms with van der Waals surface area (Å²) in [7, 11) is 0. The number of carboxylic acids is 2. The third-order valence-corrected chi connectivity index (χ3v) is 6.90. The van der Waals surface area contributed by atoms with Crippen LogP contribution < -0.4 is 0 Å². The van der Waals surface area contributed by atoms with E-state index in [-0.39, 0.29) is 0 Å². The van der Waals surface area contributed by atoms with Gasteiger partial charge >= 0.3 is 11.9 Å². The van der Waals surface area contributed by atoms with Crippen molar-refractivity contribution in [1.82, 2.24) is 0 Å². The number of hydrogen-bond donors (Lipinski definition) is 2. The van der Waals surface area contributed by atoms with Crippen LogP contribution in [-0.4, -0.2) is 22.2 Å². The van der Waals surface area contributed by atoms with Gasteiger partial charge in [-0.1, -0.05) is 72.1 Å². The molecule has 0 aromatic heterocycles. The van der Waals surface area contributed by atoms with Crippen molar-refractivity contribution in [3.05, 3.63) is 108 Å². The monoisotopic (exact) mass is 458 g/mol. The lowest BCUT2D eigenvalue weighted by Crippen LogP contribution is -1.97. The van der Waals surface area contributed by atoms with E-state index in [1.165, 1.54) is 23.5 Å². The van der Waals surface area contributed by atoms with Crippen molar-refractivity contribution in [2.75, 3.05) is 0 Å². The molecule has 0 spiro atoms. The van der Waals surface area contributed by atoms with Gasteiger partial charge in [0.1, 0.15) is 0 Å². The minimum Gasteiger partial charge on any atom is -0.478 e. The van der Waals surface area contributed by atoms with E-state index in [4.69, 9.17) is 0 Å². The second-order valence-electron chi connectivity index (χ2n) is 6.86. The maximum Gasteiger partial charge on any atom is 0.336 e. The van der Waals surface area contributed by atoms with Gasteiger partial charge in [0.2, 0.25) is 0 Å². The van der Waals surface area contributed by atoms with Gasteiger partial charge in [0, 0.05) is 19.6 Å². The molecule has 6 heteroatoms. The highest BCUT2D eigenvalue weighted by atomic mass is 32.2. The summed E-state index contributed by atoms with van der Waals surface area (Å²) in [4.78, 5) is 26.1. The van der Waals surface area contributed by atoms with Crippen molar-refractivity contribution >= 4 is 35.5 Å². The topological polar surface area (TPSA) is 74.6 Å². The summed E-state index contributed by atoms with van der Waals surface area (Å²) in [5, 5.41) is 18.7. The first-order valence-corrected chi connectivity index (χ1v) is 11.4. The van der Waals surface area contributed by atoms with Crippen LogP contribution >= 0.6 is 23.5 Å². The van der Waals surface area contributed by atoms with Gasteiger partial charge in [0.15, 0.2) is 0 Å². The van der Waals surface area contributed by atoms with Gasteiger partial charge in [-0.3, -0.25) is 0 Å². The van der Waals surface area contributed by atoms with Gasteiger partial charge in [-0.2, -0.15) is 0 Å². The van der Waals surface area contributed by atoms with Crippen LogP contribution in [0, 0.1) is 0 Å². The Morgan fingerprint density at radius 2 is 0.844 bits per heavy atom. The molecule has 4 aromatic carbocycles. The lowest BCUT2D eigenvalue weighted by atomic mass is 10.1. The molecule has 0 radical (unpaired) electrons. The Morgan fingerprint density at radius 3 is 1.19 bits per heavy atom. The van der Waals surface area contributed by atoms with Crippen molar-refractivity contribution in [2.24, 2.45) is 0 Å². The van der Waals surface area contributed by atoms with Crippen molar-refractivity contribution in [2.45, 2.75) is 19.6 Å². The van der Waals surface area contributed by atoms with Crippen LogP contribution in [0.2, 0.25) is 0 Å². The van der Waals surface area contributed by atoms with Crippen LogP contribution in [0.25, 0.3) is 11.1 Å². The normalized spacial score (nSPS) is 10.6. The molecule has 0 fully saturated rings. The number of carbonyl (C=O) groups is 2. The third-order valence-electron chi connectivity index (χ3n) is 4.73. The summed E-state index contributed by atoms with van der Waals surface area (Å²) in [6.45, 7) is 0. The Bertz CT molecular complexity index is 1160. The molecule has 0 aliphatic rings. The Kier molecular flexibility index (Phi) is 6.63. The minimum atomic E-state index is -0.936. The molecular weight excluding hydrogens is 440 g/mol. The fourth-order valence-electron chi connectivity index (χ4n) is 3.15. The highest BCUT2D eigenvalue weighted by Crippen LogP contribution is 2.34. The molecule has 0 aliphatic heterocycles. The molecule has 0 atom stereocenters. The van der Waals surface area contributed by atoms with E-state index >= 15 is 0 Å². The van der Waals surface area contributed by atoms with Crippen LogP contribution in [0.5, 0.6) is 0 Å². The molecule has 4 rings (SSSR count). The first-order valence-electron chi connectivity index (χ1n) is 9.72. The van der Waals surface area contributed by atoms with Crippen LogP contribution in [-0.2, 0) is 0 Å². The van der Waals surface area contributed by atoms with Crippen molar-refractivity contribution in [1.29, 1.82) is 0 Å². The number of benzene rings is 4. The maximum absolute atomic E-state index is 11.4. The van der Waals surface area contributed by atoms with E-state index < -0.39 is 11.9 Å². The fourth-order valence-corrected chi connectivity index (χ4v) is 5.03. The first kappa shape index (κ1) is 21.7. The van der Waals surface area contributed by atoms with Crippen molar-refractivity contribution in [3.8, 4) is 11.1 Å². The first-order chi connectivity index (χ1) is 15.5. The quantitative estimate of drug-likeness (QED) is 0.309. The van der Waals surface area contributed by atoms with Gasteiger partial charge in [0.05, 0.1) is 11.1 Å². The van der Waals surface area contributed by atoms with Gasteiger partial charge in [-0.05, 0) is 59.7 Å². The molecule has 158 valence electrons. The minimum absolute atomic E-state index is 0.291. The predicted octanol–water partition coefficient (Wildman–Crippen LogP) is 7.05. The average molecular weight is 459 g/mol. The smallest absolute Gasteiger partial charge is 0.336 e. The Balaban J connectivity index is 1.48. The van der Waals surface area contributed by atoms with Crippen LogP contribution in [0.15, 0.2) is 117 Å². The zero-order chi connectivity index (χ0) is 22.5. The molecule has 0 bridgehead atoms. The zero-order valence-electron chi connectivity index (χ0n) is 16.8. The van der Waals surface area contributed by atoms with Gasteiger partial charge < -0.3 is 10.2 Å². The molecule has 0 amide bonds. The molecule has 0 heterocycles. The SMILES string of the molecule is O=C(O)c1ccccc1Sc1ccc(-c2ccc(Sc3ccccc3C(=O)O)cc2)cc1. The average Bonchev–Trinajstić information content (AvgIpc) is 2.81. The zero-order valence-corrected chi connectivity index (χ0v) is 18.4. The molecule has 0 aliphatic carbocycles. The standard InChI is InChI=1S/C26H18O4S2/c27-25(28)21-5-1-3-7-23(21)31-19-13-9-17(10-14-19)18-11-15-20(16-12-18)32-24-8-4-2-6-22(24)26(29)30/h1-16H,(H,27,28)(H,29,30). The third kappa shape index (κ3) is 5.04. The van der Waals surface area contributed by atoms with E-state index in [2.05, 4.69) is 0 Å². The van der Waals surface area contributed by atoms with Gasteiger partial charge in [-0.15, -0.1) is 0 Å². The van der Waals surface area contributed by atoms with E-state index in [0.29, 0.717) is 20.9 Å². The summed E-state index contributed by atoms with van der Waals surface area (Å²) in [5.74, 6) is -1.87. The molecule has 2 N–H and O–H groups in total. The number of rotatable bonds is 7. The molecule has 32 heavy (non-hydrogen) atoms.